The number of rotatable bonds is 5. The average Bonchev–Trinajstić information content (AvgIpc) is 2.47. The Labute approximate surface area is 123 Å². The lowest BCUT2D eigenvalue weighted by Crippen LogP contribution is -2.36. The van der Waals surface area contributed by atoms with E-state index in [4.69, 9.17) is 4.74 Å². The zero-order chi connectivity index (χ0) is 15.1. The minimum atomic E-state index is -0.270. The molecule has 2 rings (SSSR count). The number of hydrogen-bond donors (Lipinski definition) is 1. The van der Waals surface area contributed by atoms with Crippen molar-refractivity contribution in [1.82, 2.24) is 5.32 Å². The van der Waals surface area contributed by atoms with Crippen LogP contribution in [0.4, 0.5) is 15.8 Å². The topological polar surface area (TPSA) is 53.9 Å². The number of halogens is 1. The van der Waals surface area contributed by atoms with E-state index in [0.29, 0.717) is 50.6 Å². The van der Waals surface area contributed by atoms with Crippen molar-refractivity contribution in [2.24, 2.45) is 4.99 Å². The molecule has 0 spiro atoms. The summed E-state index contributed by atoms with van der Waals surface area (Å²) in [4.78, 5) is 16.9. The van der Waals surface area contributed by atoms with Crippen LogP contribution in [0.15, 0.2) is 23.2 Å². The van der Waals surface area contributed by atoms with E-state index in [1.165, 1.54) is 13.0 Å². The van der Waals surface area contributed by atoms with Crippen LogP contribution >= 0.6 is 0 Å². The summed E-state index contributed by atoms with van der Waals surface area (Å²) in [6.07, 6.45) is 2.30. The number of aliphatic imine (C=N–C) groups is 1. The highest BCUT2D eigenvalue weighted by Gasteiger charge is 2.14. The summed E-state index contributed by atoms with van der Waals surface area (Å²) in [5.41, 5.74) is 1.17. The van der Waals surface area contributed by atoms with Gasteiger partial charge in [-0.05, 0) is 12.1 Å². The van der Waals surface area contributed by atoms with Gasteiger partial charge in [-0.25, -0.2) is 4.39 Å². The first-order valence-electron chi connectivity index (χ1n) is 7.06. The summed E-state index contributed by atoms with van der Waals surface area (Å²) >= 11 is 0. The molecule has 1 fully saturated rings. The van der Waals surface area contributed by atoms with Crippen LogP contribution in [0.3, 0.4) is 0 Å². The van der Waals surface area contributed by atoms with Gasteiger partial charge in [0.15, 0.2) is 0 Å². The highest BCUT2D eigenvalue weighted by molar-refractivity contribution is 5.73. The fourth-order valence-corrected chi connectivity index (χ4v) is 2.12. The molecular formula is C15H20FN3O2. The first kappa shape index (κ1) is 15.4. The predicted molar refractivity (Wildman–Crippen MR) is 80.9 cm³/mol. The molecule has 1 aliphatic rings. The minimum absolute atomic E-state index is 0.0655. The zero-order valence-electron chi connectivity index (χ0n) is 12.1. The summed E-state index contributed by atoms with van der Waals surface area (Å²) in [7, 11) is 0. The van der Waals surface area contributed by atoms with Crippen LogP contribution in [-0.4, -0.2) is 45.0 Å². The second-order valence-corrected chi connectivity index (χ2v) is 4.82. The number of nitrogens with zero attached hydrogens (tertiary/aromatic N) is 2. The molecule has 0 saturated carbocycles. The molecule has 5 nitrogen and oxygen atoms in total. The number of carbonyl (C=O) groups excluding carboxylic acids is 1. The number of morpholine rings is 1. The van der Waals surface area contributed by atoms with E-state index in [9.17, 15) is 9.18 Å². The van der Waals surface area contributed by atoms with E-state index in [0.717, 1.165) is 0 Å². The number of nitrogens with one attached hydrogen (secondary N) is 1. The predicted octanol–water partition coefficient (Wildman–Crippen LogP) is 1.89. The molecule has 0 aromatic heterocycles. The van der Waals surface area contributed by atoms with Gasteiger partial charge in [-0.2, -0.15) is 0 Å². The Balaban J connectivity index is 1.92. The van der Waals surface area contributed by atoms with Crippen molar-refractivity contribution in [2.75, 3.05) is 37.7 Å². The van der Waals surface area contributed by atoms with E-state index in [-0.39, 0.29) is 11.7 Å². The van der Waals surface area contributed by atoms with E-state index < -0.39 is 0 Å². The van der Waals surface area contributed by atoms with Gasteiger partial charge < -0.3 is 15.0 Å². The third kappa shape index (κ3) is 4.82. The van der Waals surface area contributed by atoms with Gasteiger partial charge in [0.05, 0.1) is 24.6 Å². The first-order valence-corrected chi connectivity index (χ1v) is 7.06. The summed E-state index contributed by atoms with van der Waals surface area (Å²) in [6.45, 7) is 4.67. The highest BCUT2D eigenvalue weighted by atomic mass is 19.1. The maximum absolute atomic E-state index is 14.1. The summed E-state index contributed by atoms with van der Waals surface area (Å²) in [6, 6.07) is 4.98. The smallest absolute Gasteiger partial charge is 0.216 e. The van der Waals surface area contributed by atoms with Gasteiger partial charge in [-0.1, -0.05) is 0 Å². The van der Waals surface area contributed by atoms with Gasteiger partial charge in [0.1, 0.15) is 5.82 Å². The maximum atomic E-state index is 14.1. The van der Waals surface area contributed by atoms with E-state index in [2.05, 4.69) is 10.3 Å². The number of anilines is 1. The number of ether oxygens (including phenoxy) is 1. The maximum Gasteiger partial charge on any atom is 0.216 e. The molecule has 0 unspecified atom stereocenters. The van der Waals surface area contributed by atoms with Crippen LogP contribution < -0.4 is 10.2 Å². The molecular weight excluding hydrogens is 273 g/mol. The first-order chi connectivity index (χ1) is 10.2. The quantitative estimate of drug-likeness (QED) is 0.666. The van der Waals surface area contributed by atoms with Gasteiger partial charge in [0.2, 0.25) is 5.91 Å². The van der Waals surface area contributed by atoms with Crippen LogP contribution in [0.1, 0.15) is 13.3 Å². The molecule has 21 heavy (non-hydrogen) atoms. The van der Waals surface area contributed by atoms with Gasteiger partial charge in [-0.3, -0.25) is 9.79 Å². The van der Waals surface area contributed by atoms with Crippen molar-refractivity contribution in [3.63, 3.8) is 0 Å². The van der Waals surface area contributed by atoms with Gasteiger partial charge in [0, 0.05) is 45.3 Å². The second-order valence-electron chi connectivity index (χ2n) is 4.82. The Morgan fingerprint density at radius 2 is 2.24 bits per heavy atom. The molecule has 0 radical (unpaired) electrons. The number of benzene rings is 1. The van der Waals surface area contributed by atoms with Gasteiger partial charge in [-0.15, -0.1) is 0 Å². The zero-order valence-corrected chi connectivity index (χ0v) is 12.1. The van der Waals surface area contributed by atoms with Crippen LogP contribution in [0, 0.1) is 5.82 Å². The molecule has 0 atom stereocenters. The Morgan fingerprint density at radius 3 is 2.90 bits per heavy atom. The van der Waals surface area contributed by atoms with E-state index in [1.54, 1.807) is 18.3 Å². The van der Waals surface area contributed by atoms with E-state index >= 15 is 0 Å². The normalized spacial score (nSPS) is 15.4. The fourth-order valence-electron chi connectivity index (χ4n) is 2.12. The molecule has 114 valence electrons. The standard InChI is InChI=1S/C15H20FN3O2/c1-12(20)17-5-2-6-18-13-3-4-15(14(16)11-13)19-7-9-21-10-8-19/h3-4,6,11H,2,5,7-10H2,1H3,(H,17,20). The second kappa shape index (κ2) is 7.73. The summed E-state index contributed by atoms with van der Waals surface area (Å²) in [5, 5.41) is 2.67. The molecule has 0 aliphatic carbocycles. The average molecular weight is 293 g/mol. The van der Waals surface area contributed by atoms with Crippen LogP contribution in [0.5, 0.6) is 0 Å². The SMILES string of the molecule is CC(=O)NCCC=Nc1ccc(N2CCOCC2)c(F)c1. The van der Waals surface area contributed by atoms with Gasteiger partial charge >= 0.3 is 0 Å². The third-order valence-corrected chi connectivity index (χ3v) is 3.17. The molecule has 0 bridgehead atoms. The van der Waals surface area contributed by atoms with Crippen molar-refractivity contribution < 1.29 is 13.9 Å². The summed E-state index contributed by atoms with van der Waals surface area (Å²) in [5.74, 6) is -0.335. The molecule has 1 aromatic carbocycles. The van der Waals surface area contributed by atoms with Crippen molar-refractivity contribution in [2.45, 2.75) is 13.3 Å². The Morgan fingerprint density at radius 1 is 1.48 bits per heavy atom. The molecule has 1 aromatic rings. The number of carbonyl (C=O) groups is 1. The Kier molecular flexibility index (Phi) is 5.68. The number of amides is 1. The lowest BCUT2D eigenvalue weighted by atomic mass is 10.2. The van der Waals surface area contributed by atoms with Crippen molar-refractivity contribution >= 4 is 23.5 Å². The van der Waals surface area contributed by atoms with Crippen LogP contribution in [0.25, 0.3) is 0 Å². The van der Waals surface area contributed by atoms with Crippen molar-refractivity contribution in [3.05, 3.63) is 24.0 Å². The largest absolute Gasteiger partial charge is 0.378 e. The molecule has 1 heterocycles. The molecule has 1 N–H and O–H groups in total. The molecule has 1 aliphatic heterocycles. The Hall–Kier alpha value is -1.95. The molecule has 1 amide bonds. The van der Waals surface area contributed by atoms with Gasteiger partial charge in [0.25, 0.3) is 0 Å². The Bertz CT molecular complexity index is 514. The van der Waals surface area contributed by atoms with Crippen molar-refractivity contribution in [1.29, 1.82) is 0 Å². The molecule has 1 saturated heterocycles. The van der Waals surface area contributed by atoms with E-state index in [1.807, 2.05) is 4.90 Å². The lowest BCUT2D eigenvalue weighted by molar-refractivity contribution is -0.118. The fraction of sp³-hybridized carbons (Fsp3) is 0.467. The lowest BCUT2D eigenvalue weighted by Gasteiger charge is -2.29. The van der Waals surface area contributed by atoms with Crippen LogP contribution in [0.2, 0.25) is 0 Å². The minimum Gasteiger partial charge on any atom is -0.378 e. The van der Waals surface area contributed by atoms with Crippen LogP contribution in [-0.2, 0) is 9.53 Å². The van der Waals surface area contributed by atoms with Crippen molar-refractivity contribution in [3.8, 4) is 0 Å². The summed E-state index contributed by atoms with van der Waals surface area (Å²) < 4.78 is 19.4. The highest BCUT2D eigenvalue weighted by Crippen LogP contribution is 2.24. The monoisotopic (exact) mass is 293 g/mol. The number of hydrogen-bond acceptors (Lipinski definition) is 4. The molecule has 6 heteroatoms. The third-order valence-electron chi connectivity index (χ3n) is 3.17.